The molecule has 1 saturated heterocycles. The summed E-state index contributed by atoms with van der Waals surface area (Å²) < 4.78 is 5.16. The molecule has 1 aliphatic rings. The highest BCUT2D eigenvalue weighted by molar-refractivity contribution is 5.80. The van der Waals surface area contributed by atoms with Gasteiger partial charge in [0.25, 0.3) is 0 Å². The van der Waals surface area contributed by atoms with Crippen molar-refractivity contribution in [2.75, 3.05) is 13.1 Å². The van der Waals surface area contributed by atoms with E-state index in [1.165, 1.54) is 0 Å². The lowest BCUT2D eigenvalue weighted by Crippen LogP contribution is -3.17. The van der Waals surface area contributed by atoms with Gasteiger partial charge in [-0.1, -0.05) is 0 Å². The number of hydrogen-bond donors (Lipinski definition) is 1. The van der Waals surface area contributed by atoms with E-state index in [1.54, 1.807) is 13.8 Å². The quantitative estimate of drug-likeness (QED) is 0.635. The highest BCUT2D eigenvalue weighted by Crippen LogP contribution is 2.03. The molecule has 0 saturated carbocycles. The van der Waals surface area contributed by atoms with Crippen LogP contribution in [0.25, 0.3) is 0 Å². The van der Waals surface area contributed by atoms with Gasteiger partial charge in [-0.05, 0) is 39.5 Å². The van der Waals surface area contributed by atoms with Crippen molar-refractivity contribution in [2.45, 2.75) is 58.1 Å². The van der Waals surface area contributed by atoms with Gasteiger partial charge in [0.2, 0.25) is 0 Å². The second-order valence-electron chi connectivity index (χ2n) is 5.19. The Balaban J connectivity index is 2.68. The first-order valence-electron chi connectivity index (χ1n) is 6.75. The number of quaternary nitrogens is 1. The number of hydrogen-bond acceptors (Lipinski definition) is 4. The molecule has 1 rings (SSSR count). The van der Waals surface area contributed by atoms with Crippen LogP contribution in [0.4, 0.5) is 0 Å². The molecule has 5 nitrogen and oxygen atoms in total. The predicted molar refractivity (Wildman–Crippen MR) is 63.8 cm³/mol. The topological polar surface area (TPSA) is 70.9 Å². The Morgan fingerprint density at radius 3 is 2.17 bits per heavy atom. The molecule has 1 aliphatic heterocycles. The minimum absolute atomic E-state index is 0.215. The predicted octanol–water partition coefficient (Wildman–Crippen LogP) is -1.09. The van der Waals surface area contributed by atoms with Crippen molar-refractivity contribution in [2.24, 2.45) is 0 Å². The minimum atomic E-state index is -1.18. The molecule has 0 aromatic rings. The van der Waals surface area contributed by atoms with E-state index in [2.05, 4.69) is 0 Å². The number of carboxylic acids is 1. The first-order chi connectivity index (χ1) is 8.50. The number of aliphatic carboxylic acids is 1. The van der Waals surface area contributed by atoms with Gasteiger partial charge in [-0.15, -0.1) is 0 Å². The maximum Gasteiger partial charge on any atom is 0.365 e. The zero-order valence-electron chi connectivity index (χ0n) is 11.2. The fourth-order valence-electron chi connectivity index (χ4n) is 2.41. The van der Waals surface area contributed by atoms with Crippen molar-refractivity contribution in [3.8, 4) is 0 Å². The third kappa shape index (κ3) is 5.04. The number of likely N-dealkylation sites (tertiary alicyclic amines) is 1. The van der Waals surface area contributed by atoms with E-state index in [9.17, 15) is 14.7 Å². The first-order valence-corrected chi connectivity index (χ1v) is 6.75. The number of carbonyl (C=O) groups is 2. The normalized spacial score (nSPS) is 19.3. The zero-order chi connectivity index (χ0) is 13.5. The van der Waals surface area contributed by atoms with Gasteiger partial charge in [0, 0.05) is 5.97 Å². The molecule has 0 aliphatic carbocycles. The van der Waals surface area contributed by atoms with Crippen molar-refractivity contribution in [1.82, 2.24) is 0 Å². The molecule has 18 heavy (non-hydrogen) atoms. The van der Waals surface area contributed by atoms with Gasteiger partial charge in [0.05, 0.1) is 25.6 Å². The Morgan fingerprint density at radius 1 is 1.17 bits per heavy atom. The SMILES string of the molecule is CC(C)OC(=O)[C@H](CC(=O)[O-])[NH+]1CCCCCC1. The smallest absolute Gasteiger partial charge is 0.365 e. The van der Waals surface area contributed by atoms with Crippen LogP contribution in [0.15, 0.2) is 0 Å². The van der Waals surface area contributed by atoms with Crippen molar-refractivity contribution in [1.29, 1.82) is 0 Å². The summed E-state index contributed by atoms with van der Waals surface area (Å²) in [5, 5.41) is 10.8. The molecule has 0 unspecified atom stereocenters. The Morgan fingerprint density at radius 2 is 1.72 bits per heavy atom. The lowest BCUT2D eigenvalue weighted by molar-refractivity contribution is -0.915. The van der Waals surface area contributed by atoms with E-state index in [-0.39, 0.29) is 12.5 Å². The molecule has 104 valence electrons. The Bertz CT molecular complexity index is 283. The van der Waals surface area contributed by atoms with Crippen molar-refractivity contribution in [3.05, 3.63) is 0 Å². The van der Waals surface area contributed by atoms with E-state index in [1.807, 2.05) is 0 Å². The number of nitrogens with one attached hydrogen (secondary N) is 1. The van der Waals surface area contributed by atoms with Crippen molar-refractivity contribution in [3.63, 3.8) is 0 Å². The lowest BCUT2D eigenvalue weighted by Gasteiger charge is -2.27. The molecule has 5 heteroatoms. The second-order valence-corrected chi connectivity index (χ2v) is 5.19. The van der Waals surface area contributed by atoms with Gasteiger partial charge >= 0.3 is 5.97 Å². The fraction of sp³-hybridized carbons (Fsp3) is 0.846. The van der Waals surface area contributed by atoms with Crippen LogP contribution in [-0.2, 0) is 14.3 Å². The van der Waals surface area contributed by atoms with E-state index >= 15 is 0 Å². The molecule has 0 aromatic heterocycles. The maximum absolute atomic E-state index is 12.0. The summed E-state index contributed by atoms with van der Waals surface area (Å²) in [5.74, 6) is -1.59. The lowest BCUT2D eigenvalue weighted by atomic mass is 10.1. The number of rotatable bonds is 5. The van der Waals surface area contributed by atoms with Gasteiger partial charge in [-0.2, -0.15) is 0 Å². The van der Waals surface area contributed by atoms with Crippen LogP contribution in [0.3, 0.4) is 0 Å². The average Bonchev–Trinajstić information content (AvgIpc) is 2.52. The van der Waals surface area contributed by atoms with Gasteiger partial charge in [-0.3, -0.25) is 0 Å². The zero-order valence-corrected chi connectivity index (χ0v) is 11.2. The summed E-state index contributed by atoms with van der Waals surface area (Å²) >= 11 is 0. The van der Waals surface area contributed by atoms with Crippen LogP contribution in [-0.4, -0.2) is 37.2 Å². The summed E-state index contributed by atoms with van der Waals surface area (Å²) in [5.41, 5.74) is 0. The third-order valence-corrected chi connectivity index (χ3v) is 3.25. The molecule has 1 atom stereocenters. The molecular weight excluding hydrogens is 234 g/mol. The second kappa shape index (κ2) is 7.36. The van der Waals surface area contributed by atoms with Crippen LogP contribution in [0.2, 0.25) is 0 Å². The van der Waals surface area contributed by atoms with Crippen LogP contribution in [0.1, 0.15) is 46.0 Å². The highest BCUT2D eigenvalue weighted by atomic mass is 16.5. The van der Waals surface area contributed by atoms with E-state index in [0.717, 1.165) is 43.7 Å². The molecule has 1 N–H and O–H groups in total. The third-order valence-electron chi connectivity index (χ3n) is 3.25. The fourth-order valence-corrected chi connectivity index (χ4v) is 2.41. The molecule has 1 fully saturated rings. The highest BCUT2D eigenvalue weighted by Gasteiger charge is 2.32. The van der Waals surface area contributed by atoms with Gasteiger partial charge in [0.1, 0.15) is 0 Å². The Hall–Kier alpha value is -1.10. The molecular formula is C13H23NO4. The number of carbonyl (C=O) groups excluding carboxylic acids is 2. The molecule has 0 radical (unpaired) electrons. The largest absolute Gasteiger partial charge is 0.550 e. The maximum atomic E-state index is 12.0. The van der Waals surface area contributed by atoms with E-state index < -0.39 is 18.0 Å². The summed E-state index contributed by atoms with van der Waals surface area (Å²) in [7, 11) is 0. The van der Waals surface area contributed by atoms with Crippen molar-refractivity contribution < 1.29 is 24.3 Å². The van der Waals surface area contributed by atoms with Crippen LogP contribution < -0.4 is 10.0 Å². The van der Waals surface area contributed by atoms with E-state index in [0.29, 0.717) is 0 Å². The van der Waals surface area contributed by atoms with Crippen LogP contribution >= 0.6 is 0 Å². The van der Waals surface area contributed by atoms with Crippen LogP contribution in [0.5, 0.6) is 0 Å². The average molecular weight is 257 g/mol. The number of ether oxygens (including phenoxy) is 1. The summed E-state index contributed by atoms with van der Waals surface area (Å²) in [6.45, 7) is 5.22. The molecule has 0 spiro atoms. The minimum Gasteiger partial charge on any atom is -0.550 e. The van der Waals surface area contributed by atoms with Gasteiger partial charge in [-0.25, -0.2) is 4.79 Å². The number of carboxylic acid groups (broad SMARTS) is 1. The number of esters is 1. The van der Waals surface area contributed by atoms with Gasteiger partial charge < -0.3 is 19.5 Å². The molecule has 0 bridgehead atoms. The Labute approximate surface area is 108 Å². The first kappa shape index (κ1) is 15.0. The molecule has 0 aromatic carbocycles. The standard InChI is InChI=1S/C13H23NO4/c1-10(2)18-13(17)11(9-12(15)16)14-7-5-3-4-6-8-14/h10-11H,3-9H2,1-2H3,(H,15,16)/t11-/m0/s1. The van der Waals surface area contributed by atoms with Crippen LogP contribution in [0, 0.1) is 0 Å². The van der Waals surface area contributed by atoms with Crippen molar-refractivity contribution >= 4 is 11.9 Å². The van der Waals surface area contributed by atoms with E-state index in [4.69, 9.17) is 4.74 Å². The molecule has 1 heterocycles. The van der Waals surface area contributed by atoms with Gasteiger partial charge in [0.15, 0.2) is 6.04 Å². The summed E-state index contributed by atoms with van der Waals surface area (Å²) in [6.07, 6.45) is 3.91. The summed E-state index contributed by atoms with van der Waals surface area (Å²) in [4.78, 5) is 23.8. The Kier molecular flexibility index (Phi) is 6.12. The molecule has 0 amide bonds. The summed E-state index contributed by atoms with van der Waals surface area (Å²) in [6, 6.07) is -0.615. The monoisotopic (exact) mass is 257 g/mol.